The number of hydrogen-bond acceptors (Lipinski definition) is 5. The van der Waals surface area contributed by atoms with Crippen molar-refractivity contribution in [3.05, 3.63) is 83.9 Å². The van der Waals surface area contributed by atoms with E-state index < -0.39 is 0 Å². The molecule has 0 atom stereocenters. The Morgan fingerprint density at radius 2 is 1.81 bits per heavy atom. The maximum absolute atomic E-state index is 12.4. The van der Waals surface area contributed by atoms with Crippen LogP contribution < -0.4 is 10.1 Å². The van der Waals surface area contributed by atoms with E-state index in [-0.39, 0.29) is 5.91 Å². The first-order chi connectivity index (χ1) is 12.8. The number of ether oxygens (including phenoxy) is 1. The minimum absolute atomic E-state index is 0.183. The van der Waals surface area contributed by atoms with Crippen molar-refractivity contribution in [2.45, 2.75) is 6.61 Å². The largest absolute Gasteiger partial charge is 0.489 e. The lowest BCUT2D eigenvalue weighted by molar-refractivity contribution is 0.102. The van der Waals surface area contributed by atoms with E-state index >= 15 is 0 Å². The second-order valence-corrected chi connectivity index (χ2v) is 6.49. The van der Waals surface area contributed by atoms with Gasteiger partial charge in [-0.1, -0.05) is 34.8 Å². The molecule has 1 amide bonds. The zero-order valence-electron chi connectivity index (χ0n) is 13.8. The van der Waals surface area contributed by atoms with Gasteiger partial charge in [-0.2, -0.15) is 0 Å². The third-order valence-corrected chi connectivity index (χ3v) is 4.57. The SMILES string of the molecule is O=C(Nc1ccc(OCc2ccccc2)cc1)c1ccc2snnc2c1. The molecule has 1 heterocycles. The van der Waals surface area contributed by atoms with E-state index in [9.17, 15) is 4.79 Å². The Bertz CT molecular complexity index is 1030. The number of aromatic nitrogens is 2. The summed E-state index contributed by atoms with van der Waals surface area (Å²) in [7, 11) is 0. The van der Waals surface area contributed by atoms with Crippen LogP contribution in [0.1, 0.15) is 15.9 Å². The number of hydrogen-bond donors (Lipinski definition) is 1. The lowest BCUT2D eigenvalue weighted by Gasteiger charge is -2.08. The molecule has 0 aliphatic rings. The van der Waals surface area contributed by atoms with E-state index in [0.29, 0.717) is 17.9 Å². The van der Waals surface area contributed by atoms with Crippen molar-refractivity contribution in [1.29, 1.82) is 0 Å². The van der Waals surface area contributed by atoms with Crippen LogP contribution in [0.25, 0.3) is 10.2 Å². The highest BCUT2D eigenvalue weighted by Gasteiger charge is 2.09. The number of nitrogens with zero attached hydrogens (tertiary/aromatic N) is 2. The van der Waals surface area contributed by atoms with E-state index in [1.807, 2.05) is 60.7 Å². The van der Waals surface area contributed by atoms with Crippen LogP contribution in [0.3, 0.4) is 0 Å². The number of carbonyl (C=O) groups is 1. The summed E-state index contributed by atoms with van der Waals surface area (Å²) >= 11 is 1.31. The van der Waals surface area contributed by atoms with Gasteiger partial charge in [0.15, 0.2) is 0 Å². The van der Waals surface area contributed by atoms with Crippen LogP contribution in [0.4, 0.5) is 5.69 Å². The maximum Gasteiger partial charge on any atom is 0.255 e. The number of amides is 1. The highest BCUT2D eigenvalue weighted by molar-refractivity contribution is 7.12. The fourth-order valence-corrected chi connectivity index (χ4v) is 3.04. The molecule has 6 heteroatoms. The van der Waals surface area contributed by atoms with Crippen LogP contribution in [0, 0.1) is 0 Å². The van der Waals surface area contributed by atoms with Crippen molar-refractivity contribution in [1.82, 2.24) is 9.59 Å². The Balaban J connectivity index is 1.39. The van der Waals surface area contributed by atoms with Crippen LogP contribution in [0.2, 0.25) is 0 Å². The molecule has 26 heavy (non-hydrogen) atoms. The zero-order chi connectivity index (χ0) is 17.8. The maximum atomic E-state index is 12.4. The Kier molecular flexibility index (Phi) is 4.57. The minimum atomic E-state index is -0.183. The molecule has 1 aromatic heterocycles. The average Bonchev–Trinajstić information content (AvgIpc) is 3.16. The molecule has 0 spiro atoms. The van der Waals surface area contributed by atoms with Gasteiger partial charge in [-0.25, -0.2) is 0 Å². The first kappa shape index (κ1) is 16.2. The molecular weight excluding hydrogens is 346 g/mol. The Morgan fingerprint density at radius 1 is 1.00 bits per heavy atom. The third-order valence-electron chi connectivity index (χ3n) is 3.87. The molecule has 4 rings (SSSR count). The summed E-state index contributed by atoms with van der Waals surface area (Å²) in [5.41, 5.74) is 3.09. The standard InChI is InChI=1S/C20H15N3O2S/c24-20(15-6-11-19-18(12-15)22-23-26-19)21-16-7-9-17(10-8-16)25-13-14-4-2-1-3-5-14/h1-12H,13H2,(H,21,24). The molecule has 4 aromatic rings. The molecule has 0 aliphatic carbocycles. The monoisotopic (exact) mass is 361 g/mol. The summed E-state index contributed by atoms with van der Waals surface area (Å²) in [5, 5.41) is 6.87. The van der Waals surface area contributed by atoms with Gasteiger partial charge in [0.05, 0.1) is 4.70 Å². The first-order valence-corrected chi connectivity index (χ1v) is 8.85. The highest BCUT2D eigenvalue weighted by Crippen LogP contribution is 2.20. The first-order valence-electron chi connectivity index (χ1n) is 8.08. The molecule has 1 N–H and O–H groups in total. The molecule has 0 unspecified atom stereocenters. The van der Waals surface area contributed by atoms with Crippen LogP contribution in [-0.4, -0.2) is 15.5 Å². The summed E-state index contributed by atoms with van der Waals surface area (Å²) in [6.45, 7) is 0.508. The van der Waals surface area contributed by atoms with E-state index in [2.05, 4.69) is 14.9 Å². The summed E-state index contributed by atoms with van der Waals surface area (Å²) in [4.78, 5) is 12.4. The van der Waals surface area contributed by atoms with Crippen molar-refractivity contribution in [3.8, 4) is 5.75 Å². The van der Waals surface area contributed by atoms with Gasteiger partial charge in [-0.15, -0.1) is 5.10 Å². The van der Waals surface area contributed by atoms with Crippen molar-refractivity contribution < 1.29 is 9.53 Å². The van der Waals surface area contributed by atoms with Gasteiger partial charge >= 0.3 is 0 Å². The highest BCUT2D eigenvalue weighted by atomic mass is 32.1. The third kappa shape index (κ3) is 3.70. The molecule has 0 fully saturated rings. The van der Waals surface area contributed by atoms with Crippen molar-refractivity contribution >= 4 is 33.3 Å². The molecule has 0 saturated carbocycles. The molecule has 3 aromatic carbocycles. The van der Waals surface area contributed by atoms with E-state index in [0.717, 1.165) is 21.5 Å². The number of fused-ring (bicyclic) bond motifs is 1. The average molecular weight is 361 g/mol. The molecule has 5 nitrogen and oxygen atoms in total. The van der Waals surface area contributed by atoms with E-state index in [1.54, 1.807) is 12.1 Å². The number of rotatable bonds is 5. The molecule has 0 saturated heterocycles. The van der Waals surface area contributed by atoms with Crippen molar-refractivity contribution in [2.75, 3.05) is 5.32 Å². The van der Waals surface area contributed by atoms with Gasteiger partial charge in [0.2, 0.25) is 0 Å². The van der Waals surface area contributed by atoms with E-state index in [1.165, 1.54) is 11.5 Å². The van der Waals surface area contributed by atoms with Gasteiger partial charge in [-0.3, -0.25) is 4.79 Å². The molecular formula is C20H15N3O2S. The van der Waals surface area contributed by atoms with Crippen LogP contribution in [0.15, 0.2) is 72.8 Å². The Labute approximate surface area is 154 Å². The zero-order valence-corrected chi connectivity index (χ0v) is 14.6. The fourth-order valence-electron chi connectivity index (χ4n) is 2.50. The van der Waals surface area contributed by atoms with E-state index in [4.69, 9.17) is 4.74 Å². The van der Waals surface area contributed by atoms with Gasteiger partial charge in [0.1, 0.15) is 17.9 Å². The van der Waals surface area contributed by atoms with Gasteiger partial charge in [0, 0.05) is 11.3 Å². The fraction of sp³-hybridized carbons (Fsp3) is 0.0500. The lowest BCUT2D eigenvalue weighted by Crippen LogP contribution is -2.11. The quantitative estimate of drug-likeness (QED) is 0.567. The van der Waals surface area contributed by atoms with Crippen molar-refractivity contribution in [2.24, 2.45) is 0 Å². The Morgan fingerprint density at radius 3 is 2.62 bits per heavy atom. The number of nitrogens with one attached hydrogen (secondary N) is 1. The predicted molar refractivity (Wildman–Crippen MR) is 103 cm³/mol. The second-order valence-electron chi connectivity index (χ2n) is 5.71. The van der Waals surface area contributed by atoms with Crippen molar-refractivity contribution in [3.63, 3.8) is 0 Å². The normalized spacial score (nSPS) is 10.6. The summed E-state index contributed by atoms with van der Waals surface area (Å²) in [5.74, 6) is 0.569. The molecule has 0 radical (unpaired) electrons. The molecule has 0 bridgehead atoms. The summed E-state index contributed by atoms with van der Waals surface area (Å²) in [6.07, 6.45) is 0. The topological polar surface area (TPSA) is 64.1 Å². The lowest BCUT2D eigenvalue weighted by atomic mass is 10.2. The van der Waals surface area contributed by atoms with Crippen LogP contribution >= 0.6 is 11.5 Å². The van der Waals surface area contributed by atoms with Crippen LogP contribution in [0.5, 0.6) is 5.75 Å². The van der Waals surface area contributed by atoms with Gasteiger partial charge < -0.3 is 10.1 Å². The molecule has 0 aliphatic heterocycles. The number of anilines is 1. The number of benzene rings is 3. The predicted octanol–water partition coefficient (Wildman–Crippen LogP) is 4.52. The van der Waals surface area contributed by atoms with Crippen LogP contribution in [-0.2, 0) is 6.61 Å². The Hall–Kier alpha value is -3.25. The minimum Gasteiger partial charge on any atom is -0.489 e. The second kappa shape index (κ2) is 7.33. The summed E-state index contributed by atoms with van der Waals surface area (Å²) < 4.78 is 10.6. The smallest absolute Gasteiger partial charge is 0.255 e. The number of carbonyl (C=O) groups excluding carboxylic acids is 1. The molecule has 128 valence electrons. The van der Waals surface area contributed by atoms with Gasteiger partial charge in [-0.05, 0) is 59.6 Å². The summed E-state index contributed by atoms with van der Waals surface area (Å²) in [6, 6.07) is 22.7. The van der Waals surface area contributed by atoms with Gasteiger partial charge in [0.25, 0.3) is 5.91 Å².